The summed E-state index contributed by atoms with van der Waals surface area (Å²) < 4.78 is 48.0. The third-order valence-corrected chi connectivity index (χ3v) is 3.11. The molecule has 0 aromatic carbocycles. The fourth-order valence-electron chi connectivity index (χ4n) is 2.15. The summed E-state index contributed by atoms with van der Waals surface area (Å²) in [7, 11) is 1.15. The Balaban J connectivity index is 2.88. The number of alkyl halides is 3. The molecule has 1 aliphatic carbocycles. The van der Waals surface area contributed by atoms with Gasteiger partial charge >= 0.3 is 18.2 Å². The Morgan fingerprint density at radius 1 is 1.27 bits per heavy atom. The number of ether oxygens (including phenoxy) is 2. The molecule has 1 aliphatic rings. The Hall–Kier alpha value is -1.73. The summed E-state index contributed by atoms with van der Waals surface area (Å²) in [5, 5.41) is 2.34. The summed E-state index contributed by atoms with van der Waals surface area (Å²) in [6, 6.07) is -1.02. The van der Waals surface area contributed by atoms with E-state index < -0.39 is 47.8 Å². The molecule has 0 bridgehead atoms. The first-order valence-corrected chi connectivity index (χ1v) is 6.77. The van der Waals surface area contributed by atoms with Gasteiger partial charge in [-0.1, -0.05) is 6.08 Å². The molecule has 126 valence electrons. The lowest BCUT2D eigenvalue weighted by atomic mass is 9.84. The quantitative estimate of drug-likeness (QED) is 0.627. The standard InChI is InChI=1S/C14H20F3NO4/c1-13(2,3)22-12(20)18-10-7-8(14(15,16)17)5-6-9(10)11(19)21-4/h5,9-10H,6-7H2,1-4H3,(H,18,20). The number of esters is 1. The van der Waals surface area contributed by atoms with Crippen LogP contribution in [0.1, 0.15) is 33.6 Å². The van der Waals surface area contributed by atoms with Gasteiger partial charge in [-0.15, -0.1) is 0 Å². The smallest absolute Gasteiger partial charge is 0.412 e. The van der Waals surface area contributed by atoms with E-state index in [2.05, 4.69) is 10.1 Å². The fraction of sp³-hybridized carbons (Fsp3) is 0.714. The Bertz CT molecular complexity index is 466. The van der Waals surface area contributed by atoms with E-state index in [0.717, 1.165) is 13.2 Å². The normalized spacial score (nSPS) is 22.6. The monoisotopic (exact) mass is 323 g/mol. The van der Waals surface area contributed by atoms with Crippen molar-refractivity contribution in [3.05, 3.63) is 11.6 Å². The number of methoxy groups -OCH3 is 1. The van der Waals surface area contributed by atoms with Gasteiger partial charge in [-0.2, -0.15) is 13.2 Å². The molecule has 1 amide bonds. The summed E-state index contributed by atoms with van der Waals surface area (Å²) in [5.41, 5.74) is -1.56. The Labute approximate surface area is 126 Å². The summed E-state index contributed by atoms with van der Waals surface area (Å²) in [6.07, 6.45) is -5.04. The molecule has 0 saturated carbocycles. The minimum Gasteiger partial charge on any atom is -0.469 e. The second-order valence-corrected chi connectivity index (χ2v) is 6.05. The summed E-state index contributed by atoms with van der Waals surface area (Å²) in [6.45, 7) is 4.89. The zero-order valence-electron chi connectivity index (χ0n) is 12.9. The van der Waals surface area contributed by atoms with Gasteiger partial charge in [0.2, 0.25) is 0 Å². The molecular formula is C14H20F3NO4. The second-order valence-electron chi connectivity index (χ2n) is 6.05. The van der Waals surface area contributed by atoms with E-state index >= 15 is 0 Å². The number of hydrogen-bond acceptors (Lipinski definition) is 4. The van der Waals surface area contributed by atoms with E-state index in [4.69, 9.17) is 4.74 Å². The Morgan fingerprint density at radius 3 is 2.32 bits per heavy atom. The molecule has 2 unspecified atom stereocenters. The van der Waals surface area contributed by atoms with Crippen LogP contribution in [0.3, 0.4) is 0 Å². The number of carbonyl (C=O) groups excluding carboxylic acids is 2. The van der Waals surface area contributed by atoms with Crippen molar-refractivity contribution < 1.29 is 32.2 Å². The van der Waals surface area contributed by atoms with Crippen LogP contribution in [0.2, 0.25) is 0 Å². The number of amides is 1. The third-order valence-electron chi connectivity index (χ3n) is 3.11. The molecule has 22 heavy (non-hydrogen) atoms. The van der Waals surface area contributed by atoms with Crippen LogP contribution in [-0.4, -0.2) is 37.0 Å². The van der Waals surface area contributed by atoms with Gasteiger partial charge in [-0.25, -0.2) is 4.79 Å². The first-order valence-electron chi connectivity index (χ1n) is 6.77. The number of hydrogen-bond donors (Lipinski definition) is 1. The lowest BCUT2D eigenvalue weighted by Gasteiger charge is -2.31. The van der Waals surface area contributed by atoms with E-state index in [1.807, 2.05) is 0 Å². The van der Waals surface area contributed by atoms with Crippen molar-refractivity contribution in [3.8, 4) is 0 Å². The van der Waals surface area contributed by atoms with Crippen LogP contribution in [0.4, 0.5) is 18.0 Å². The van der Waals surface area contributed by atoms with Crippen LogP contribution in [0.25, 0.3) is 0 Å². The molecule has 0 aliphatic heterocycles. The minimum absolute atomic E-state index is 0.151. The summed E-state index contributed by atoms with van der Waals surface area (Å²) >= 11 is 0. The summed E-state index contributed by atoms with van der Waals surface area (Å²) in [4.78, 5) is 23.4. The largest absolute Gasteiger partial charge is 0.469 e. The zero-order chi connectivity index (χ0) is 17.1. The molecule has 8 heteroatoms. The Kier molecular flexibility index (Phi) is 5.48. The van der Waals surface area contributed by atoms with Crippen LogP contribution < -0.4 is 5.32 Å². The maximum atomic E-state index is 12.8. The molecule has 0 heterocycles. The molecule has 0 saturated heterocycles. The lowest BCUT2D eigenvalue weighted by molar-refractivity contribution is -0.147. The molecule has 2 atom stereocenters. The van der Waals surface area contributed by atoms with Crippen LogP contribution >= 0.6 is 0 Å². The van der Waals surface area contributed by atoms with Crippen molar-refractivity contribution >= 4 is 12.1 Å². The molecule has 0 spiro atoms. The van der Waals surface area contributed by atoms with Crippen molar-refractivity contribution in [2.75, 3.05) is 7.11 Å². The van der Waals surface area contributed by atoms with E-state index in [1.54, 1.807) is 20.8 Å². The number of nitrogens with one attached hydrogen (secondary N) is 1. The van der Waals surface area contributed by atoms with Gasteiger partial charge in [-0.05, 0) is 33.6 Å². The van der Waals surface area contributed by atoms with E-state index in [9.17, 15) is 22.8 Å². The molecular weight excluding hydrogens is 303 g/mol. The Morgan fingerprint density at radius 2 is 1.86 bits per heavy atom. The highest BCUT2D eigenvalue weighted by atomic mass is 19.4. The predicted molar refractivity (Wildman–Crippen MR) is 72.0 cm³/mol. The van der Waals surface area contributed by atoms with E-state index in [1.165, 1.54) is 0 Å². The number of carbonyl (C=O) groups is 2. The second kappa shape index (κ2) is 6.58. The van der Waals surface area contributed by atoms with Crippen molar-refractivity contribution in [1.29, 1.82) is 0 Å². The SMILES string of the molecule is COC(=O)C1CC=C(C(F)(F)F)CC1NC(=O)OC(C)(C)C. The van der Waals surface area contributed by atoms with Gasteiger partial charge in [-0.3, -0.25) is 4.79 Å². The highest BCUT2D eigenvalue weighted by molar-refractivity contribution is 5.76. The fourth-order valence-corrected chi connectivity index (χ4v) is 2.15. The van der Waals surface area contributed by atoms with Crippen molar-refractivity contribution in [1.82, 2.24) is 5.32 Å². The molecule has 0 radical (unpaired) electrons. The number of alkyl carbamates (subject to hydrolysis) is 1. The van der Waals surface area contributed by atoms with Gasteiger partial charge in [0.05, 0.1) is 13.0 Å². The van der Waals surface area contributed by atoms with Crippen molar-refractivity contribution in [2.24, 2.45) is 5.92 Å². The maximum absolute atomic E-state index is 12.8. The van der Waals surface area contributed by atoms with Gasteiger partial charge in [0, 0.05) is 11.6 Å². The van der Waals surface area contributed by atoms with Crippen molar-refractivity contribution in [2.45, 2.75) is 51.4 Å². The number of halogens is 3. The average Bonchev–Trinajstić information content (AvgIpc) is 2.34. The van der Waals surface area contributed by atoms with Crippen molar-refractivity contribution in [3.63, 3.8) is 0 Å². The number of rotatable bonds is 2. The van der Waals surface area contributed by atoms with E-state index in [0.29, 0.717) is 0 Å². The molecule has 0 fully saturated rings. The topological polar surface area (TPSA) is 64.6 Å². The molecule has 0 aromatic rings. The first-order chi connectivity index (χ1) is 9.94. The third kappa shape index (κ3) is 5.23. The molecule has 1 rings (SSSR count). The highest BCUT2D eigenvalue weighted by Gasteiger charge is 2.42. The predicted octanol–water partition coefficient (Wildman–Crippen LogP) is 2.95. The van der Waals surface area contributed by atoms with Crippen LogP contribution in [0, 0.1) is 5.92 Å². The van der Waals surface area contributed by atoms with Crippen LogP contribution in [0.15, 0.2) is 11.6 Å². The maximum Gasteiger partial charge on any atom is 0.412 e. The van der Waals surface area contributed by atoms with Crippen LogP contribution in [-0.2, 0) is 14.3 Å². The molecule has 5 nitrogen and oxygen atoms in total. The van der Waals surface area contributed by atoms with Crippen LogP contribution in [0.5, 0.6) is 0 Å². The van der Waals surface area contributed by atoms with E-state index in [-0.39, 0.29) is 6.42 Å². The molecule has 1 N–H and O–H groups in total. The zero-order valence-corrected chi connectivity index (χ0v) is 12.9. The lowest BCUT2D eigenvalue weighted by Crippen LogP contribution is -2.47. The highest BCUT2D eigenvalue weighted by Crippen LogP contribution is 2.35. The number of allylic oxidation sites excluding steroid dienone is 1. The minimum atomic E-state index is -4.49. The van der Waals surface area contributed by atoms with Gasteiger partial charge in [0.15, 0.2) is 0 Å². The van der Waals surface area contributed by atoms with Gasteiger partial charge in [0.1, 0.15) is 5.60 Å². The summed E-state index contributed by atoms with van der Waals surface area (Å²) in [5.74, 6) is -1.54. The first kappa shape index (κ1) is 18.3. The molecule has 0 aromatic heterocycles. The average molecular weight is 323 g/mol. The van der Waals surface area contributed by atoms with Gasteiger partial charge in [0.25, 0.3) is 0 Å². The van der Waals surface area contributed by atoms with Gasteiger partial charge < -0.3 is 14.8 Å².